The van der Waals surface area contributed by atoms with Crippen molar-refractivity contribution in [1.82, 2.24) is 15.3 Å². The van der Waals surface area contributed by atoms with Crippen LogP contribution in [0.4, 0.5) is 11.4 Å². The van der Waals surface area contributed by atoms with E-state index in [1.165, 1.54) is 24.2 Å². The Balaban J connectivity index is 1.25. The van der Waals surface area contributed by atoms with Crippen LogP contribution in [-0.2, 0) is 11.3 Å². The third kappa shape index (κ3) is 6.32. The van der Waals surface area contributed by atoms with Gasteiger partial charge in [-0.1, -0.05) is 37.3 Å². The Morgan fingerprint density at radius 3 is 2.84 bits per heavy atom. The molecule has 3 heterocycles. The number of hydrogen-bond donors (Lipinski definition) is 4. The highest BCUT2D eigenvalue weighted by Crippen LogP contribution is 2.29. The summed E-state index contributed by atoms with van der Waals surface area (Å²) in [6.07, 6.45) is 8.69. The van der Waals surface area contributed by atoms with Crippen molar-refractivity contribution in [2.24, 2.45) is 5.92 Å². The molecule has 1 aliphatic rings. The van der Waals surface area contributed by atoms with Crippen molar-refractivity contribution < 1.29 is 9.59 Å². The number of rotatable bonds is 9. The lowest BCUT2D eigenvalue weighted by Crippen LogP contribution is -2.44. The minimum absolute atomic E-state index is 0.183. The molecule has 2 amide bonds. The summed E-state index contributed by atoms with van der Waals surface area (Å²) in [5.41, 5.74) is 3.45. The average molecular weight is 536 g/mol. The summed E-state index contributed by atoms with van der Waals surface area (Å²) >= 11 is 7.47. The van der Waals surface area contributed by atoms with Crippen LogP contribution in [0, 0.1) is 12.8 Å². The number of thiophene rings is 1. The number of carbonyl (C=O) groups excluding carboxylic acids is 2. The van der Waals surface area contributed by atoms with E-state index in [0.717, 1.165) is 45.7 Å². The van der Waals surface area contributed by atoms with Gasteiger partial charge in [0.15, 0.2) is 0 Å². The van der Waals surface area contributed by atoms with Crippen molar-refractivity contribution >= 4 is 57.0 Å². The number of carbonyl (C=O) groups is 2. The van der Waals surface area contributed by atoms with E-state index < -0.39 is 6.04 Å². The van der Waals surface area contributed by atoms with Crippen LogP contribution in [-0.4, -0.2) is 27.8 Å². The molecular formula is C28H30ClN5O2S. The van der Waals surface area contributed by atoms with Crippen molar-refractivity contribution in [2.75, 3.05) is 10.6 Å². The molecule has 0 aliphatic heterocycles. The van der Waals surface area contributed by atoms with Crippen molar-refractivity contribution in [1.29, 1.82) is 0 Å². The Hall–Kier alpha value is -3.36. The fourth-order valence-electron chi connectivity index (χ4n) is 4.86. The number of anilines is 2. The van der Waals surface area contributed by atoms with Crippen LogP contribution >= 0.6 is 22.9 Å². The van der Waals surface area contributed by atoms with E-state index in [-0.39, 0.29) is 11.8 Å². The van der Waals surface area contributed by atoms with Crippen molar-refractivity contribution in [2.45, 2.75) is 51.6 Å². The zero-order chi connectivity index (χ0) is 25.8. The molecular weight excluding hydrogens is 506 g/mol. The zero-order valence-corrected chi connectivity index (χ0v) is 22.2. The number of nitrogens with zero attached hydrogens (tertiary/aromatic N) is 1. The van der Waals surface area contributed by atoms with E-state index >= 15 is 0 Å². The highest BCUT2D eigenvalue weighted by molar-refractivity contribution is 7.14. The lowest BCUT2D eigenvalue weighted by atomic mass is 9.97. The Bertz CT molecular complexity index is 1410. The topological polar surface area (TPSA) is 98.9 Å². The highest BCUT2D eigenvalue weighted by Gasteiger charge is 2.27. The molecule has 192 valence electrons. The maximum absolute atomic E-state index is 13.3. The van der Waals surface area contributed by atoms with Gasteiger partial charge < -0.3 is 20.9 Å². The van der Waals surface area contributed by atoms with Crippen LogP contribution in [0.3, 0.4) is 0 Å². The first-order chi connectivity index (χ1) is 17.9. The number of aryl methyl sites for hydroxylation is 1. The molecule has 0 radical (unpaired) electrons. The molecule has 7 nitrogen and oxygen atoms in total. The van der Waals surface area contributed by atoms with E-state index in [4.69, 9.17) is 11.6 Å². The van der Waals surface area contributed by atoms with Gasteiger partial charge >= 0.3 is 0 Å². The molecule has 1 saturated carbocycles. The summed E-state index contributed by atoms with van der Waals surface area (Å²) in [5.74, 6) is 0.0365. The Labute approximate surface area is 225 Å². The van der Waals surface area contributed by atoms with Crippen LogP contribution in [0.15, 0.2) is 54.9 Å². The second kappa shape index (κ2) is 11.4. The van der Waals surface area contributed by atoms with Gasteiger partial charge in [0, 0.05) is 40.4 Å². The fraction of sp³-hybridized carbons (Fsp3) is 0.321. The van der Waals surface area contributed by atoms with Crippen LogP contribution in [0.5, 0.6) is 0 Å². The Kier molecular flexibility index (Phi) is 7.76. The zero-order valence-electron chi connectivity index (χ0n) is 20.6. The number of nitrogens with one attached hydrogen (secondary N) is 4. The Morgan fingerprint density at radius 2 is 2.00 bits per heavy atom. The number of benzene rings is 1. The van der Waals surface area contributed by atoms with E-state index in [2.05, 4.69) is 25.9 Å². The van der Waals surface area contributed by atoms with E-state index in [1.54, 1.807) is 6.20 Å². The van der Waals surface area contributed by atoms with Gasteiger partial charge in [-0.2, -0.15) is 0 Å². The third-order valence-electron chi connectivity index (χ3n) is 6.88. The van der Waals surface area contributed by atoms with Crippen LogP contribution < -0.4 is 16.0 Å². The van der Waals surface area contributed by atoms with Crippen molar-refractivity contribution in [3.05, 3.63) is 75.3 Å². The van der Waals surface area contributed by atoms with Gasteiger partial charge in [0.25, 0.3) is 5.91 Å². The molecule has 1 aliphatic carbocycles. The van der Waals surface area contributed by atoms with E-state index in [9.17, 15) is 9.59 Å². The summed E-state index contributed by atoms with van der Waals surface area (Å²) in [6.45, 7) is 2.46. The SMILES string of the molecule is Cc1ncc(Cl)cc1NCc1ccc(C(=O)NC(CC2CCCC2)C(=O)Nc2ccc3[nH]ccc3c2)s1. The maximum atomic E-state index is 13.3. The number of H-pyrrole nitrogens is 1. The summed E-state index contributed by atoms with van der Waals surface area (Å²) in [6, 6.07) is 12.7. The molecule has 4 N–H and O–H groups in total. The predicted molar refractivity (Wildman–Crippen MR) is 150 cm³/mol. The van der Waals surface area contributed by atoms with Crippen molar-refractivity contribution in [3.63, 3.8) is 0 Å². The first-order valence-corrected chi connectivity index (χ1v) is 13.8. The number of fused-ring (bicyclic) bond motifs is 1. The molecule has 9 heteroatoms. The summed E-state index contributed by atoms with van der Waals surface area (Å²) in [4.78, 5) is 35.5. The second-order valence-corrected chi connectivity index (χ2v) is 11.2. The molecule has 1 fully saturated rings. The van der Waals surface area contributed by atoms with E-state index in [0.29, 0.717) is 28.8 Å². The standard InChI is InChI=1S/C28H30ClN5O2S/c1-17-24(14-20(29)15-31-17)32-16-22-7-9-26(37-22)28(36)34-25(12-18-4-2-3-5-18)27(35)33-21-6-8-23-19(13-21)10-11-30-23/h6-11,13-15,18,25,30,32H,2-5,12,16H2,1H3,(H,33,35)(H,34,36). The van der Waals surface area contributed by atoms with Gasteiger partial charge in [-0.3, -0.25) is 14.6 Å². The number of hydrogen-bond acceptors (Lipinski definition) is 5. The molecule has 0 saturated heterocycles. The lowest BCUT2D eigenvalue weighted by Gasteiger charge is -2.21. The normalized spacial score (nSPS) is 14.5. The summed E-state index contributed by atoms with van der Waals surface area (Å²) < 4.78 is 0. The van der Waals surface area contributed by atoms with Gasteiger partial charge in [-0.05, 0) is 61.7 Å². The minimum atomic E-state index is -0.596. The quantitative estimate of drug-likeness (QED) is 0.196. The molecule has 4 aromatic rings. The molecule has 5 rings (SSSR count). The molecule has 3 aromatic heterocycles. The average Bonchev–Trinajstić information content (AvgIpc) is 3.66. The highest BCUT2D eigenvalue weighted by atomic mass is 35.5. The summed E-state index contributed by atoms with van der Waals surface area (Å²) in [5, 5.41) is 11.0. The van der Waals surface area contributed by atoms with Gasteiger partial charge in [0.05, 0.1) is 21.3 Å². The summed E-state index contributed by atoms with van der Waals surface area (Å²) in [7, 11) is 0. The van der Waals surface area contributed by atoms with E-state index in [1.807, 2.05) is 55.6 Å². The van der Waals surface area contributed by atoms with Gasteiger partial charge in [-0.25, -0.2) is 0 Å². The van der Waals surface area contributed by atoms with Gasteiger partial charge in [-0.15, -0.1) is 11.3 Å². The smallest absolute Gasteiger partial charge is 0.262 e. The number of amides is 2. The first kappa shape index (κ1) is 25.3. The molecule has 0 spiro atoms. The van der Waals surface area contributed by atoms with Gasteiger partial charge in [0.1, 0.15) is 6.04 Å². The number of aromatic amines is 1. The maximum Gasteiger partial charge on any atom is 0.262 e. The van der Waals surface area contributed by atoms with Crippen LogP contribution in [0.2, 0.25) is 5.02 Å². The minimum Gasteiger partial charge on any atom is -0.379 e. The number of aromatic nitrogens is 2. The van der Waals surface area contributed by atoms with Gasteiger partial charge in [0.2, 0.25) is 5.91 Å². The third-order valence-corrected chi connectivity index (χ3v) is 8.17. The molecule has 37 heavy (non-hydrogen) atoms. The first-order valence-electron chi connectivity index (χ1n) is 12.6. The number of halogens is 1. The monoisotopic (exact) mass is 535 g/mol. The fourth-order valence-corrected chi connectivity index (χ4v) is 5.87. The molecule has 1 unspecified atom stereocenters. The lowest BCUT2D eigenvalue weighted by molar-refractivity contribution is -0.118. The number of pyridine rings is 1. The van der Waals surface area contributed by atoms with Crippen LogP contribution in [0.25, 0.3) is 10.9 Å². The van der Waals surface area contributed by atoms with Crippen molar-refractivity contribution in [3.8, 4) is 0 Å². The largest absolute Gasteiger partial charge is 0.379 e. The molecule has 1 aromatic carbocycles. The second-order valence-electron chi connectivity index (χ2n) is 9.59. The molecule has 0 bridgehead atoms. The Morgan fingerprint density at radius 1 is 1.16 bits per heavy atom. The predicted octanol–water partition coefficient (Wildman–Crippen LogP) is 6.52. The molecule has 1 atom stereocenters. The van der Waals surface area contributed by atoms with Crippen LogP contribution in [0.1, 0.15) is 52.3 Å².